The zero-order valence-electron chi connectivity index (χ0n) is 11.9. The number of hydrogen-bond acceptors (Lipinski definition) is 5. The third kappa shape index (κ3) is 3.49. The van der Waals surface area contributed by atoms with Crippen LogP contribution >= 0.6 is 0 Å². The van der Waals surface area contributed by atoms with Crippen molar-refractivity contribution in [1.82, 2.24) is 5.32 Å². The van der Waals surface area contributed by atoms with Crippen LogP contribution in [0, 0.1) is 16.0 Å². The van der Waals surface area contributed by atoms with Gasteiger partial charge in [0.2, 0.25) is 0 Å². The van der Waals surface area contributed by atoms with Crippen LogP contribution in [-0.2, 0) is 0 Å². The molecule has 0 amide bonds. The smallest absolute Gasteiger partial charge is 0.338 e. The lowest BCUT2D eigenvalue weighted by Gasteiger charge is -2.35. The first kappa shape index (κ1) is 15.2. The van der Waals surface area contributed by atoms with E-state index in [4.69, 9.17) is 0 Å². The van der Waals surface area contributed by atoms with Crippen LogP contribution in [0.4, 0.5) is 11.4 Å². The van der Waals surface area contributed by atoms with Crippen LogP contribution in [0.1, 0.15) is 23.2 Å². The van der Waals surface area contributed by atoms with Crippen molar-refractivity contribution >= 4 is 17.3 Å². The van der Waals surface area contributed by atoms with Gasteiger partial charge in [0.25, 0.3) is 5.69 Å². The van der Waals surface area contributed by atoms with Crippen molar-refractivity contribution in [2.45, 2.75) is 12.8 Å². The van der Waals surface area contributed by atoms with Crippen LogP contribution in [-0.4, -0.2) is 42.7 Å². The van der Waals surface area contributed by atoms with Gasteiger partial charge in [0.05, 0.1) is 16.2 Å². The molecule has 1 heterocycles. The van der Waals surface area contributed by atoms with Gasteiger partial charge in [-0.05, 0) is 38.4 Å². The van der Waals surface area contributed by atoms with Gasteiger partial charge in [-0.2, -0.15) is 0 Å². The molecule has 2 rings (SSSR count). The summed E-state index contributed by atoms with van der Waals surface area (Å²) in [6.07, 6.45) is 2.09. The Morgan fingerprint density at radius 2 is 2.33 bits per heavy atom. The van der Waals surface area contributed by atoms with Crippen LogP contribution in [0.5, 0.6) is 0 Å². The molecule has 1 aliphatic rings. The number of hydrogen-bond donors (Lipinski definition) is 2. The monoisotopic (exact) mass is 293 g/mol. The van der Waals surface area contributed by atoms with E-state index < -0.39 is 10.9 Å². The molecule has 0 radical (unpaired) electrons. The Hall–Kier alpha value is -2.15. The summed E-state index contributed by atoms with van der Waals surface area (Å²) in [6.45, 7) is 2.42. The third-order valence-electron chi connectivity index (χ3n) is 3.77. The highest BCUT2D eigenvalue weighted by Gasteiger charge is 2.24. The van der Waals surface area contributed by atoms with Crippen LogP contribution in [0.15, 0.2) is 18.2 Å². The number of nitrogens with one attached hydrogen (secondary N) is 1. The zero-order valence-corrected chi connectivity index (χ0v) is 11.9. The molecular weight excluding hydrogens is 274 g/mol. The van der Waals surface area contributed by atoms with Crippen molar-refractivity contribution in [1.29, 1.82) is 0 Å². The quantitative estimate of drug-likeness (QED) is 0.634. The maximum Gasteiger partial charge on any atom is 0.338 e. The van der Waals surface area contributed by atoms with E-state index in [1.54, 1.807) is 6.07 Å². The molecule has 1 aromatic rings. The Bertz CT molecular complexity index is 545. The number of benzene rings is 1. The van der Waals surface area contributed by atoms with Gasteiger partial charge in [0, 0.05) is 25.2 Å². The predicted octanol–water partition coefficient (Wildman–Crippen LogP) is 1.73. The molecule has 1 atom stereocenters. The molecule has 1 aliphatic heterocycles. The second-order valence-electron chi connectivity index (χ2n) is 5.28. The van der Waals surface area contributed by atoms with Crippen molar-refractivity contribution in [3.8, 4) is 0 Å². The van der Waals surface area contributed by atoms with Crippen molar-refractivity contribution < 1.29 is 14.8 Å². The van der Waals surface area contributed by atoms with Crippen LogP contribution in [0.3, 0.4) is 0 Å². The second kappa shape index (κ2) is 6.53. The van der Waals surface area contributed by atoms with Crippen LogP contribution in [0.25, 0.3) is 0 Å². The first-order valence-electron chi connectivity index (χ1n) is 6.94. The molecule has 1 saturated heterocycles. The minimum Gasteiger partial charge on any atom is -0.478 e. The molecule has 1 unspecified atom stereocenters. The summed E-state index contributed by atoms with van der Waals surface area (Å²) in [7, 11) is 1.90. The summed E-state index contributed by atoms with van der Waals surface area (Å²) in [5.41, 5.74) is 0.364. The van der Waals surface area contributed by atoms with Gasteiger partial charge in [-0.3, -0.25) is 10.1 Å². The minimum atomic E-state index is -1.13. The van der Waals surface area contributed by atoms with E-state index in [1.807, 2.05) is 11.9 Å². The summed E-state index contributed by atoms with van der Waals surface area (Å²) in [4.78, 5) is 23.6. The Kier molecular flexibility index (Phi) is 4.74. The summed E-state index contributed by atoms with van der Waals surface area (Å²) < 4.78 is 0. The fourth-order valence-electron chi connectivity index (χ4n) is 2.82. The molecular formula is C14H19N3O4. The van der Waals surface area contributed by atoms with Gasteiger partial charge in [-0.1, -0.05) is 0 Å². The van der Waals surface area contributed by atoms with Crippen molar-refractivity contribution in [3.63, 3.8) is 0 Å². The average Bonchev–Trinajstić information content (AvgIpc) is 2.47. The Labute approximate surface area is 122 Å². The number of nitro groups is 1. The fourth-order valence-corrected chi connectivity index (χ4v) is 2.82. The summed E-state index contributed by atoms with van der Waals surface area (Å²) in [5, 5.41) is 23.2. The van der Waals surface area contributed by atoms with E-state index in [1.165, 1.54) is 6.07 Å². The maximum absolute atomic E-state index is 11.4. The van der Waals surface area contributed by atoms with Gasteiger partial charge in [-0.15, -0.1) is 0 Å². The first-order chi connectivity index (χ1) is 10.0. The number of piperidine rings is 1. The highest BCUT2D eigenvalue weighted by molar-refractivity contribution is 5.95. The molecule has 7 nitrogen and oxygen atoms in total. The second-order valence-corrected chi connectivity index (χ2v) is 5.28. The van der Waals surface area contributed by atoms with E-state index >= 15 is 0 Å². The molecule has 21 heavy (non-hydrogen) atoms. The predicted molar refractivity (Wildman–Crippen MR) is 78.9 cm³/mol. The van der Waals surface area contributed by atoms with Gasteiger partial charge in [-0.25, -0.2) is 4.79 Å². The SMILES string of the molecule is CNCC1CCCN(c2ccc([N+](=O)[O-])cc2C(=O)O)C1. The Balaban J connectivity index is 2.29. The van der Waals surface area contributed by atoms with E-state index in [0.29, 0.717) is 11.6 Å². The lowest BCUT2D eigenvalue weighted by atomic mass is 9.96. The molecule has 114 valence electrons. The van der Waals surface area contributed by atoms with Crippen molar-refractivity contribution in [2.24, 2.45) is 5.92 Å². The average molecular weight is 293 g/mol. The lowest BCUT2D eigenvalue weighted by molar-refractivity contribution is -0.384. The van der Waals surface area contributed by atoms with E-state index in [0.717, 1.165) is 38.5 Å². The zero-order chi connectivity index (χ0) is 15.4. The van der Waals surface area contributed by atoms with Crippen molar-refractivity contribution in [2.75, 3.05) is 31.6 Å². The first-order valence-corrected chi connectivity index (χ1v) is 6.94. The van der Waals surface area contributed by atoms with Gasteiger partial charge >= 0.3 is 5.97 Å². The number of anilines is 1. The molecule has 0 bridgehead atoms. The summed E-state index contributed by atoms with van der Waals surface area (Å²) in [6, 6.07) is 4.05. The van der Waals surface area contributed by atoms with Crippen LogP contribution in [0.2, 0.25) is 0 Å². The molecule has 2 N–H and O–H groups in total. The molecule has 1 fully saturated rings. The Morgan fingerprint density at radius 1 is 1.57 bits per heavy atom. The maximum atomic E-state index is 11.4. The minimum absolute atomic E-state index is 0.00527. The standard InChI is InChI=1S/C14H19N3O4/c1-15-8-10-3-2-6-16(9-10)13-5-4-11(17(20)21)7-12(13)14(18)19/h4-5,7,10,15H,2-3,6,8-9H2,1H3,(H,18,19). The number of carboxylic acids is 1. The number of aromatic carboxylic acids is 1. The van der Waals surface area contributed by atoms with E-state index in [9.17, 15) is 20.0 Å². The number of non-ortho nitro benzene ring substituents is 1. The Morgan fingerprint density at radius 3 is 2.95 bits per heavy atom. The molecule has 7 heteroatoms. The normalized spacial score (nSPS) is 18.5. The third-order valence-corrected chi connectivity index (χ3v) is 3.77. The van der Waals surface area contributed by atoms with Crippen molar-refractivity contribution in [3.05, 3.63) is 33.9 Å². The number of nitrogens with zero attached hydrogens (tertiary/aromatic N) is 2. The molecule has 0 spiro atoms. The topological polar surface area (TPSA) is 95.7 Å². The van der Waals surface area contributed by atoms with Gasteiger partial charge in [0.1, 0.15) is 0 Å². The highest BCUT2D eigenvalue weighted by atomic mass is 16.6. The molecule has 0 saturated carbocycles. The summed E-state index contributed by atoms with van der Waals surface area (Å²) >= 11 is 0. The molecule has 1 aromatic carbocycles. The van der Waals surface area contributed by atoms with E-state index in [-0.39, 0.29) is 11.3 Å². The van der Waals surface area contributed by atoms with Gasteiger partial charge < -0.3 is 15.3 Å². The largest absolute Gasteiger partial charge is 0.478 e. The number of carboxylic acid groups (broad SMARTS) is 1. The van der Waals surface area contributed by atoms with E-state index in [2.05, 4.69) is 5.32 Å². The number of carbonyl (C=O) groups is 1. The number of nitro benzene ring substituents is 1. The van der Waals surface area contributed by atoms with Crippen LogP contribution < -0.4 is 10.2 Å². The molecule has 0 aliphatic carbocycles. The number of rotatable bonds is 5. The fraction of sp³-hybridized carbons (Fsp3) is 0.500. The van der Waals surface area contributed by atoms with Gasteiger partial charge in [0.15, 0.2) is 0 Å². The molecule has 0 aromatic heterocycles. The highest BCUT2D eigenvalue weighted by Crippen LogP contribution is 2.29. The lowest BCUT2D eigenvalue weighted by Crippen LogP contribution is -2.39. The summed E-state index contributed by atoms with van der Waals surface area (Å²) in [5.74, 6) is -0.676.